The van der Waals surface area contributed by atoms with Gasteiger partial charge in [0.25, 0.3) is 0 Å². The first kappa shape index (κ1) is 14.0. The van der Waals surface area contributed by atoms with Crippen molar-refractivity contribution in [1.29, 1.82) is 0 Å². The molecule has 1 saturated heterocycles. The van der Waals surface area contributed by atoms with Crippen LogP contribution in [0.5, 0.6) is 0 Å². The van der Waals surface area contributed by atoms with Gasteiger partial charge in [-0.05, 0) is 42.0 Å². The minimum absolute atomic E-state index is 0.712. The molecule has 5 nitrogen and oxygen atoms in total. The summed E-state index contributed by atoms with van der Waals surface area (Å²) in [5.41, 5.74) is 4.82. The summed E-state index contributed by atoms with van der Waals surface area (Å²) in [6, 6.07) is 4.43. The number of hydrogen-bond acceptors (Lipinski definition) is 5. The maximum Gasteiger partial charge on any atom is 0.151 e. The minimum atomic E-state index is 0.712. The third-order valence-corrected chi connectivity index (χ3v) is 4.77. The van der Waals surface area contributed by atoms with Crippen LogP contribution in [0.15, 0.2) is 12.1 Å². The number of rotatable bonds is 3. The maximum atomic E-state index is 5.43. The van der Waals surface area contributed by atoms with Gasteiger partial charge in [0.2, 0.25) is 0 Å². The molecule has 1 unspecified atom stereocenters. The molecule has 0 bridgehead atoms. The van der Waals surface area contributed by atoms with Crippen LogP contribution >= 0.6 is 0 Å². The number of benzene rings is 1. The van der Waals surface area contributed by atoms with Gasteiger partial charge in [-0.2, -0.15) is 0 Å². The van der Waals surface area contributed by atoms with Crippen molar-refractivity contribution in [2.24, 2.45) is 5.92 Å². The first-order chi connectivity index (χ1) is 10.8. The average molecular weight is 298 g/mol. The van der Waals surface area contributed by atoms with Gasteiger partial charge < -0.3 is 4.74 Å². The van der Waals surface area contributed by atoms with Crippen molar-refractivity contribution in [3.63, 3.8) is 0 Å². The van der Waals surface area contributed by atoms with Crippen LogP contribution in [-0.2, 0) is 24.0 Å². The summed E-state index contributed by atoms with van der Waals surface area (Å²) in [7, 11) is 0. The van der Waals surface area contributed by atoms with Crippen LogP contribution < -0.4 is 0 Å². The molecule has 0 amide bonds. The number of aromatic nitrogens is 3. The van der Waals surface area contributed by atoms with E-state index in [4.69, 9.17) is 4.74 Å². The molecule has 1 aromatic heterocycles. The Labute approximate surface area is 130 Å². The zero-order chi connectivity index (χ0) is 14.9. The minimum Gasteiger partial charge on any atom is -0.379 e. The molecule has 0 N–H and O–H groups in total. The van der Waals surface area contributed by atoms with Crippen LogP contribution in [0.3, 0.4) is 0 Å². The second-order valence-electron chi connectivity index (χ2n) is 6.38. The molecule has 4 rings (SSSR count). The molecule has 0 saturated carbocycles. The van der Waals surface area contributed by atoms with E-state index < -0.39 is 0 Å². The first-order valence-electron chi connectivity index (χ1n) is 8.27. The highest BCUT2D eigenvalue weighted by Crippen LogP contribution is 2.30. The van der Waals surface area contributed by atoms with Crippen molar-refractivity contribution in [2.75, 3.05) is 32.8 Å². The Kier molecular flexibility index (Phi) is 3.76. The second kappa shape index (κ2) is 5.89. The zero-order valence-electron chi connectivity index (χ0n) is 13.1. The molecule has 0 radical (unpaired) electrons. The van der Waals surface area contributed by atoms with Gasteiger partial charge in [-0.3, -0.25) is 4.90 Å². The predicted molar refractivity (Wildman–Crippen MR) is 84.9 cm³/mol. The zero-order valence-corrected chi connectivity index (χ0v) is 13.1. The van der Waals surface area contributed by atoms with E-state index in [-0.39, 0.29) is 0 Å². The highest BCUT2D eigenvalue weighted by atomic mass is 16.5. The Morgan fingerprint density at radius 1 is 1.09 bits per heavy atom. The molecule has 0 spiro atoms. The Hall–Kier alpha value is -1.59. The van der Waals surface area contributed by atoms with Crippen LogP contribution in [0.25, 0.3) is 11.0 Å². The van der Waals surface area contributed by atoms with E-state index in [0.29, 0.717) is 5.92 Å². The van der Waals surface area contributed by atoms with Crippen molar-refractivity contribution >= 4 is 11.0 Å². The summed E-state index contributed by atoms with van der Waals surface area (Å²) < 4.78 is 5.43. The average Bonchev–Trinajstić information content (AvgIpc) is 2.94. The number of nitrogens with zero attached hydrogens (tertiary/aromatic N) is 4. The Morgan fingerprint density at radius 2 is 1.82 bits per heavy atom. The van der Waals surface area contributed by atoms with E-state index in [0.717, 1.165) is 62.4 Å². The molecular weight excluding hydrogens is 276 g/mol. The predicted octanol–water partition coefficient (Wildman–Crippen LogP) is 1.63. The molecule has 1 atom stereocenters. The van der Waals surface area contributed by atoms with E-state index in [1.165, 1.54) is 17.7 Å². The van der Waals surface area contributed by atoms with E-state index in [1.807, 2.05) is 0 Å². The monoisotopic (exact) mass is 298 g/mol. The highest BCUT2D eigenvalue weighted by molar-refractivity contribution is 5.76. The number of hydrogen-bond donors (Lipinski definition) is 0. The summed E-state index contributed by atoms with van der Waals surface area (Å²) in [5.74, 6) is 1.54. The van der Waals surface area contributed by atoms with Crippen molar-refractivity contribution in [3.8, 4) is 0 Å². The second-order valence-corrected chi connectivity index (χ2v) is 6.38. The molecule has 22 heavy (non-hydrogen) atoms. The van der Waals surface area contributed by atoms with Crippen LogP contribution in [0, 0.1) is 5.92 Å². The lowest BCUT2D eigenvalue weighted by Gasteiger charge is -2.28. The topological polar surface area (TPSA) is 51.1 Å². The molecular formula is C17H22N4O. The van der Waals surface area contributed by atoms with Crippen LogP contribution in [0.4, 0.5) is 0 Å². The fraction of sp³-hybridized carbons (Fsp3) is 0.588. The van der Waals surface area contributed by atoms with Gasteiger partial charge in [-0.15, -0.1) is 10.2 Å². The van der Waals surface area contributed by atoms with Gasteiger partial charge in [0.05, 0.1) is 18.7 Å². The maximum absolute atomic E-state index is 5.43. The van der Waals surface area contributed by atoms with Gasteiger partial charge in [0, 0.05) is 26.1 Å². The van der Waals surface area contributed by atoms with E-state index in [9.17, 15) is 0 Å². The molecule has 1 aromatic carbocycles. The van der Waals surface area contributed by atoms with Crippen molar-refractivity contribution < 1.29 is 4.74 Å². The molecule has 5 heteroatoms. The summed E-state index contributed by atoms with van der Waals surface area (Å²) in [6.07, 6.45) is 3.15. The van der Waals surface area contributed by atoms with Crippen molar-refractivity contribution in [2.45, 2.75) is 26.2 Å². The molecule has 1 aliphatic heterocycles. The fourth-order valence-electron chi connectivity index (χ4n) is 3.61. The smallest absolute Gasteiger partial charge is 0.151 e. The quantitative estimate of drug-likeness (QED) is 0.862. The van der Waals surface area contributed by atoms with Gasteiger partial charge in [-0.25, -0.2) is 4.98 Å². The summed E-state index contributed by atoms with van der Waals surface area (Å²) >= 11 is 0. The SMILES string of the molecule is CCc1nnc2cc3c(cc2n1)CC(CN1CCOCC1)C3. The van der Waals surface area contributed by atoms with Gasteiger partial charge in [0.15, 0.2) is 5.82 Å². The normalized spacial score (nSPS) is 22.1. The molecule has 2 aromatic rings. The molecule has 2 heterocycles. The molecule has 1 aliphatic carbocycles. The number of ether oxygens (including phenoxy) is 1. The fourth-order valence-corrected chi connectivity index (χ4v) is 3.61. The van der Waals surface area contributed by atoms with Gasteiger partial charge >= 0.3 is 0 Å². The van der Waals surface area contributed by atoms with Crippen LogP contribution in [0.2, 0.25) is 0 Å². The van der Waals surface area contributed by atoms with Crippen LogP contribution in [-0.4, -0.2) is 52.9 Å². The Balaban J connectivity index is 1.53. The number of morpholine rings is 1. The Bertz CT molecular complexity index is 682. The van der Waals surface area contributed by atoms with Crippen LogP contribution in [0.1, 0.15) is 23.9 Å². The first-order valence-corrected chi connectivity index (χ1v) is 8.27. The lowest BCUT2D eigenvalue weighted by molar-refractivity contribution is 0.0313. The van der Waals surface area contributed by atoms with E-state index in [1.54, 1.807) is 0 Å². The Morgan fingerprint density at radius 3 is 2.55 bits per heavy atom. The van der Waals surface area contributed by atoms with E-state index >= 15 is 0 Å². The lowest BCUT2D eigenvalue weighted by Crippen LogP contribution is -2.39. The lowest BCUT2D eigenvalue weighted by atomic mass is 10.1. The third-order valence-electron chi connectivity index (χ3n) is 4.77. The highest BCUT2D eigenvalue weighted by Gasteiger charge is 2.25. The summed E-state index contributed by atoms with van der Waals surface area (Å²) in [4.78, 5) is 7.15. The largest absolute Gasteiger partial charge is 0.379 e. The summed E-state index contributed by atoms with van der Waals surface area (Å²) in [5, 5.41) is 8.51. The van der Waals surface area contributed by atoms with Gasteiger partial charge in [-0.1, -0.05) is 6.92 Å². The van der Waals surface area contributed by atoms with E-state index in [2.05, 4.69) is 39.1 Å². The van der Waals surface area contributed by atoms with Gasteiger partial charge in [0.1, 0.15) is 5.52 Å². The molecule has 1 fully saturated rings. The third kappa shape index (κ3) is 2.71. The van der Waals surface area contributed by atoms with Crippen molar-refractivity contribution in [3.05, 3.63) is 29.1 Å². The summed E-state index contributed by atoms with van der Waals surface area (Å²) in [6.45, 7) is 7.14. The molecule has 2 aliphatic rings. The van der Waals surface area contributed by atoms with Crippen molar-refractivity contribution in [1.82, 2.24) is 20.1 Å². The number of aryl methyl sites for hydroxylation is 1. The molecule has 116 valence electrons. The standard InChI is InChI=1S/C17H22N4O/c1-2-17-18-15-9-13-7-12(11-21-3-5-22-6-4-21)8-14(13)10-16(15)19-20-17/h9-10,12H,2-8,11H2,1H3. The number of fused-ring (bicyclic) bond motifs is 2.